The quantitative estimate of drug-likeness (QED) is 0.872. The maximum atomic E-state index is 12.5. The second kappa shape index (κ2) is 7.23. The lowest BCUT2D eigenvalue weighted by molar-refractivity contribution is 0.0862. The maximum Gasteiger partial charge on any atom is 0.251 e. The molecule has 0 heterocycles. The van der Waals surface area contributed by atoms with Crippen LogP contribution in [0.3, 0.4) is 0 Å². The van der Waals surface area contributed by atoms with Crippen LogP contribution in [0.2, 0.25) is 0 Å². The van der Waals surface area contributed by atoms with Crippen molar-refractivity contribution in [2.75, 3.05) is 0 Å². The smallest absolute Gasteiger partial charge is 0.251 e. The van der Waals surface area contributed by atoms with E-state index in [1.165, 1.54) is 0 Å². The molecular formula is C20H21NO2. The van der Waals surface area contributed by atoms with Gasteiger partial charge < -0.3 is 5.32 Å². The Labute approximate surface area is 136 Å². The van der Waals surface area contributed by atoms with Crippen LogP contribution < -0.4 is 5.32 Å². The molecular weight excluding hydrogens is 286 g/mol. The lowest BCUT2D eigenvalue weighted by Gasteiger charge is -2.28. The molecule has 0 bridgehead atoms. The molecule has 0 radical (unpaired) electrons. The first kappa shape index (κ1) is 15.5. The molecule has 1 aliphatic carbocycles. The summed E-state index contributed by atoms with van der Waals surface area (Å²) in [5.41, 5.74) is 1.49. The van der Waals surface area contributed by atoms with Crippen LogP contribution in [0, 0.1) is 5.92 Å². The summed E-state index contributed by atoms with van der Waals surface area (Å²) < 4.78 is 0. The molecule has 2 aromatic carbocycles. The zero-order chi connectivity index (χ0) is 16.1. The van der Waals surface area contributed by atoms with E-state index in [1.807, 2.05) is 60.7 Å². The Morgan fingerprint density at radius 1 is 0.739 bits per heavy atom. The summed E-state index contributed by atoms with van der Waals surface area (Å²) in [7, 11) is 0. The largest absolute Gasteiger partial charge is 0.349 e. The molecule has 0 spiro atoms. The molecule has 0 aliphatic heterocycles. The van der Waals surface area contributed by atoms with Crippen LogP contribution in [-0.2, 0) is 0 Å². The van der Waals surface area contributed by atoms with Crippen molar-refractivity contribution in [3.05, 3.63) is 71.8 Å². The average Bonchev–Trinajstić information content (AvgIpc) is 2.63. The highest BCUT2D eigenvalue weighted by atomic mass is 16.1. The van der Waals surface area contributed by atoms with Crippen molar-refractivity contribution in [1.29, 1.82) is 0 Å². The highest BCUT2D eigenvalue weighted by Gasteiger charge is 2.27. The summed E-state index contributed by atoms with van der Waals surface area (Å²) in [4.78, 5) is 24.6. The molecule has 0 atom stereocenters. The highest BCUT2D eigenvalue weighted by molar-refractivity contribution is 5.98. The molecule has 3 heteroatoms. The summed E-state index contributed by atoms with van der Waals surface area (Å²) in [6.07, 6.45) is 3.41. The van der Waals surface area contributed by atoms with Crippen LogP contribution in [0.25, 0.3) is 0 Å². The molecule has 118 valence electrons. The minimum atomic E-state index is -0.0246. The van der Waals surface area contributed by atoms with Crippen molar-refractivity contribution in [2.24, 2.45) is 5.92 Å². The molecule has 3 rings (SSSR count). The molecule has 23 heavy (non-hydrogen) atoms. The Balaban J connectivity index is 1.53. The van der Waals surface area contributed by atoms with E-state index >= 15 is 0 Å². The van der Waals surface area contributed by atoms with E-state index in [1.54, 1.807) is 0 Å². The predicted molar refractivity (Wildman–Crippen MR) is 90.4 cm³/mol. The van der Waals surface area contributed by atoms with Gasteiger partial charge in [-0.25, -0.2) is 0 Å². The minimum Gasteiger partial charge on any atom is -0.349 e. The SMILES string of the molecule is O=C(NC1CCC(C(=O)c2ccccc2)CC1)c1ccccc1. The molecule has 0 aromatic heterocycles. The number of carbonyl (C=O) groups is 2. The molecule has 1 N–H and O–H groups in total. The van der Waals surface area contributed by atoms with Crippen LogP contribution in [0.15, 0.2) is 60.7 Å². The number of benzene rings is 2. The standard InChI is InChI=1S/C20H21NO2/c22-19(15-7-3-1-4-8-15)16-11-13-18(14-12-16)21-20(23)17-9-5-2-6-10-17/h1-10,16,18H,11-14H2,(H,21,23). The zero-order valence-corrected chi connectivity index (χ0v) is 13.1. The van der Waals surface area contributed by atoms with Gasteiger partial charge in [-0.2, -0.15) is 0 Å². The molecule has 2 aromatic rings. The first-order valence-electron chi connectivity index (χ1n) is 8.19. The van der Waals surface area contributed by atoms with Gasteiger partial charge in [0.2, 0.25) is 0 Å². The molecule has 1 saturated carbocycles. The maximum absolute atomic E-state index is 12.5. The second-order valence-corrected chi connectivity index (χ2v) is 6.12. The Bertz CT molecular complexity index is 659. The van der Waals surface area contributed by atoms with Gasteiger partial charge in [0.1, 0.15) is 0 Å². The Morgan fingerprint density at radius 3 is 1.83 bits per heavy atom. The lowest BCUT2D eigenvalue weighted by Crippen LogP contribution is -2.38. The van der Waals surface area contributed by atoms with Crippen molar-refractivity contribution in [3.63, 3.8) is 0 Å². The number of hydrogen-bond donors (Lipinski definition) is 1. The molecule has 1 fully saturated rings. The molecule has 0 unspecified atom stereocenters. The van der Waals surface area contributed by atoms with Crippen molar-refractivity contribution < 1.29 is 9.59 Å². The average molecular weight is 307 g/mol. The van der Waals surface area contributed by atoms with Gasteiger partial charge in [-0.1, -0.05) is 48.5 Å². The fourth-order valence-corrected chi connectivity index (χ4v) is 3.20. The molecule has 1 amide bonds. The van der Waals surface area contributed by atoms with Crippen molar-refractivity contribution in [3.8, 4) is 0 Å². The number of Topliss-reactive ketones (excluding diaryl/α,β-unsaturated/α-hetero) is 1. The Kier molecular flexibility index (Phi) is 4.86. The number of carbonyl (C=O) groups excluding carboxylic acids is 2. The van der Waals surface area contributed by atoms with Gasteiger partial charge in [0.15, 0.2) is 5.78 Å². The molecule has 3 nitrogen and oxygen atoms in total. The fourth-order valence-electron chi connectivity index (χ4n) is 3.20. The van der Waals surface area contributed by atoms with Gasteiger partial charge in [-0.3, -0.25) is 9.59 Å². The number of nitrogens with one attached hydrogen (secondary N) is 1. The van der Waals surface area contributed by atoms with E-state index in [2.05, 4.69) is 5.32 Å². The van der Waals surface area contributed by atoms with E-state index in [0.29, 0.717) is 5.56 Å². The van der Waals surface area contributed by atoms with Gasteiger partial charge in [-0.15, -0.1) is 0 Å². The minimum absolute atomic E-state index is 0.0246. The normalized spacial score (nSPS) is 20.7. The van der Waals surface area contributed by atoms with E-state index < -0.39 is 0 Å². The summed E-state index contributed by atoms with van der Waals surface area (Å²) in [6.45, 7) is 0. The van der Waals surface area contributed by atoms with E-state index in [4.69, 9.17) is 0 Å². The van der Waals surface area contributed by atoms with Gasteiger partial charge in [0.05, 0.1) is 0 Å². The van der Waals surface area contributed by atoms with Crippen LogP contribution in [0.4, 0.5) is 0 Å². The first-order chi connectivity index (χ1) is 11.2. The summed E-state index contributed by atoms with van der Waals surface area (Å²) in [5.74, 6) is 0.296. The van der Waals surface area contributed by atoms with Crippen LogP contribution >= 0.6 is 0 Å². The number of amides is 1. The number of hydrogen-bond acceptors (Lipinski definition) is 2. The van der Waals surface area contributed by atoms with E-state index in [0.717, 1.165) is 31.2 Å². The highest BCUT2D eigenvalue weighted by Crippen LogP contribution is 2.27. The van der Waals surface area contributed by atoms with Gasteiger partial charge >= 0.3 is 0 Å². The number of ketones is 1. The Hall–Kier alpha value is -2.42. The molecule has 1 aliphatic rings. The summed E-state index contributed by atoms with van der Waals surface area (Å²) in [5, 5.41) is 3.08. The van der Waals surface area contributed by atoms with Crippen molar-refractivity contribution in [2.45, 2.75) is 31.7 Å². The van der Waals surface area contributed by atoms with Gasteiger partial charge in [-0.05, 0) is 37.8 Å². The first-order valence-corrected chi connectivity index (χ1v) is 8.19. The molecule has 0 saturated heterocycles. The Morgan fingerprint density at radius 2 is 1.26 bits per heavy atom. The van der Waals surface area contributed by atoms with Crippen molar-refractivity contribution in [1.82, 2.24) is 5.32 Å². The van der Waals surface area contributed by atoms with Gasteiger partial charge in [0, 0.05) is 23.1 Å². The second-order valence-electron chi connectivity index (χ2n) is 6.12. The van der Waals surface area contributed by atoms with Crippen LogP contribution in [0.1, 0.15) is 46.4 Å². The third kappa shape index (κ3) is 3.86. The fraction of sp³-hybridized carbons (Fsp3) is 0.300. The topological polar surface area (TPSA) is 46.2 Å². The lowest BCUT2D eigenvalue weighted by atomic mass is 9.81. The third-order valence-electron chi connectivity index (χ3n) is 4.53. The third-order valence-corrected chi connectivity index (χ3v) is 4.53. The summed E-state index contributed by atoms with van der Waals surface area (Å²) in [6, 6.07) is 18.9. The summed E-state index contributed by atoms with van der Waals surface area (Å²) >= 11 is 0. The van der Waals surface area contributed by atoms with Crippen LogP contribution in [0.5, 0.6) is 0 Å². The predicted octanol–water partition coefficient (Wildman–Crippen LogP) is 3.86. The zero-order valence-electron chi connectivity index (χ0n) is 13.1. The van der Waals surface area contributed by atoms with Crippen molar-refractivity contribution >= 4 is 11.7 Å². The number of rotatable bonds is 4. The van der Waals surface area contributed by atoms with Crippen LogP contribution in [-0.4, -0.2) is 17.7 Å². The monoisotopic (exact) mass is 307 g/mol. The van der Waals surface area contributed by atoms with E-state index in [-0.39, 0.29) is 23.7 Å². The van der Waals surface area contributed by atoms with E-state index in [9.17, 15) is 9.59 Å². The van der Waals surface area contributed by atoms with Gasteiger partial charge in [0.25, 0.3) is 5.91 Å².